The number of nitrogens with two attached hydrogens (primary N) is 1. The van der Waals surface area contributed by atoms with Crippen molar-refractivity contribution in [1.29, 1.82) is 0 Å². The first-order valence-corrected chi connectivity index (χ1v) is 10.0. The van der Waals surface area contributed by atoms with Crippen LogP contribution in [0.25, 0.3) is 0 Å². The second-order valence-electron chi connectivity index (χ2n) is 7.10. The SMILES string of the molecule is CCOC(=O)C1=C(N)Oc2cc(O)ccc2C1c1ccc(OCc2ccccc2)cc1. The number of carbonyl (C=O) groups is 1. The monoisotopic (exact) mass is 417 g/mol. The zero-order chi connectivity index (χ0) is 21.8. The van der Waals surface area contributed by atoms with Crippen molar-refractivity contribution in [3.05, 3.63) is 101 Å². The van der Waals surface area contributed by atoms with Crippen molar-refractivity contribution in [3.8, 4) is 17.2 Å². The van der Waals surface area contributed by atoms with Gasteiger partial charge in [-0.3, -0.25) is 0 Å². The summed E-state index contributed by atoms with van der Waals surface area (Å²) in [5.74, 6) is 0.0976. The van der Waals surface area contributed by atoms with Gasteiger partial charge in [0.25, 0.3) is 0 Å². The van der Waals surface area contributed by atoms with Crippen molar-refractivity contribution in [1.82, 2.24) is 0 Å². The molecule has 0 aliphatic carbocycles. The van der Waals surface area contributed by atoms with Crippen molar-refractivity contribution in [2.45, 2.75) is 19.4 Å². The lowest BCUT2D eigenvalue weighted by atomic mass is 9.83. The molecule has 0 fully saturated rings. The molecule has 0 radical (unpaired) electrons. The minimum atomic E-state index is -0.534. The molecule has 1 atom stereocenters. The molecule has 158 valence electrons. The molecule has 0 aromatic heterocycles. The summed E-state index contributed by atoms with van der Waals surface area (Å²) in [5.41, 5.74) is 8.95. The number of hydrogen-bond donors (Lipinski definition) is 2. The molecule has 3 N–H and O–H groups in total. The van der Waals surface area contributed by atoms with Crippen LogP contribution in [0.15, 0.2) is 84.3 Å². The number of aromatic hydroxyl groups is 1. The molecule has 6 heteroatoms. The van der Waals surface area contributed by atoms with Crippen molar-refractivity contribution < 1.29 is 24.1 Å². The lowest BCUT2D eigenvalue weighted by Crippen LogP contribution is -2.27. The third kappa shape index (κ3) is 4.33. The van der Waals surface area contributed by atoms with E-state index in [2.05, 4.69) is 0 Å². The number of carbonyl (C=O) groups excluding carboxylic acids is 1. The summed E-state index contributed by atoms with van der Waals surface area (Å²) in [7, 11) is 0. The lowest BCUT2D eigenvalue weighted by Gasteiger charge is -2.28. The number of fused-ring (bicyclic) bond motifs is 1. The second kappa shape index (κ2) is 8.83. The molecular weight excluding hydrogens is 394 g/mol. The summed E-state index contributed by atoms with van der Waals surface area (Å²) in [6, 6.07) is 22.1. The Balaban J connectivity index is 1.65. The molecule has 1 unspecified atom stereocenters. The van der Waals surface area contributed by atoms with E-state index in [0.717, 1.165) is 11.1 Å². The van der Waals surface area contributed by atoms with Crippen LogP contribution in [0.5, 0.6) is 17.2 Å². The van der Waals surface area contributed by atoms with Crippen molar-refractivity contribution >= 4 is 5.97 Å². The van der Waals surface area contributed by atoms with Gasteiger partial charge in [-0.1, -0.05) is 48.5 Å². The Morgan fingerprint density at radius 3 is 2.52 bits per heavy atom. The quantitative estimate of drug-likeness (QED) is 0.584. The molecule has 0 bridgehead atoms. The van der Waals surface area contributed by atoms with E-state index in [1.54, 1.807) is 19.1 Å². The summed E-state index contributed by atoms with van der Waals surface area (Å²) in [5, 5.41) is 9.84. The molecule has 6 nitrogen and oxygen atoms in total. The average Bonchev–Trinajstić information content (AvgIpc) is 2.78. The van der Waals surface area contributed by atoms with Crippen LogP contribution >= 0.6 is 0 Å². The third-order valence-corrected chi connectivity index (χ3v) is 5.04. The summed E-state index contributed by atoms with van der Waals surface area (Å²) in [4.78, 5) is 12.7. The Morgan fingerprint density at radius 1 is 1.06 bits per heavy atom. The van der Waals surface area contributed by atoms with Gasteiger partial charge in [-0.2, -0.15) is 0 Å². The van der Waals surface area contributed by atoms with Gasteiger partial charge in [-0.25, -0.2) is 4.79 Å². The molecule has 31 heavy (non-hydrogen) atoms. The van der Waals surface area contributed by atoms with Crippen LogP contribution in [0.3, 0.4) is 0 Å². The van der Waals surface area contributed by atoms with Crippen LogP contribution in [0.1, 0.15) is 29.5 Å². The fourth-order valence-electron chi connectivity index (χ4n) is 3.59. The van der Waals surface area contributed by atoms with E-state index in [-0.39, 0.29) is 23.8 Å². The number of rotatable bonds is 6. The molecule has 3 aromatic carbocycles. The zero-order valence-electron chi connectivity index (χ0n) is 17.1. The predicted octanol–water partition coefficient (Wildman–Crippen LogP) is 4.23. The minimum Gasteiger partial charge on any atom is -0.508 e. The second-order valence-corrected chi connectivity index (χ2v) is 7.10. The Hall–Kier alpha value is -3.93. The van der Waals surface area contributed by atoms with Gasteiger partial charge >= 0.3 is 5.97 Å². The molecule has 0 saturated heterocycles. The van der Waals surface area contributed by atoms with Gasteiger partial charge in [0, 0.05) is 11.6 Å². The van der Waals surface area contributed by atoms with Gasteiger partial charge in [0.1, 0.15) is 29.4 Å². The number of benzene rings is 3. The first kappa shape index (κ1) is 20.3. The number of phenolic OH excluding ortho intramolecular Hbond substituents is 1. The van der Waals surface area contributed by atoms with Gasteiger partial charge in [-0.15, -0.1) is 0 Å². The average molecular weight is 417 g/mol. The molecule has 4 rings (SSSR count). The molecule has 3 aromatic rings. The fourth-order valence-corrected chi connectivity index (χ4v) is 3.59. The van der Waals surface area contributed by atoms with E-state index in [9.17, 15) is 9.90 Å². The van der Waals surface area contributed by atoms with E-state index in [4.69, 9.17) is 19.9 Å². The lowest BCUT2D eigenvalue weighted by molar-refractivity contribution is -0.139. The highest BCUT2D eigenvalue weighted by molar-refractivity contribution is 5.92. The third-order valence-electron chi connectivity index (χ3n) is 5.04. The minimum absolute atomic E-state index is 0.0362. The maximum Gasteiger partial charge on any atom is 0.340 e. The molecule has 0 spiro atoms. The Kier molecular flexibility index (Phi) is 5.80. The van der Waals surface area contributed by atoms with E-state index < -0.39 is 11.9 Å². The first-order valence-electron chi connectivity index (χ1n) is 10.0. The first-order chi connectivity index (χ1) is 15.1. The maximum atomic E-state index is 12.7. The van der Waals surface area contributed by atoms with Crippen molar-refractivity contribution in [2.24, 2.45) is 5.73 Å². The van der Waals surface area contributed by atoms with E-state index in [1.807, 2.05) is 54.6 Å². The van der Waals surface area contributed by atoms with Gasteiger partial charge < -0.3 is 25.1 Å². The molecule has 1 aliphatic rings. The smallest absolute Gasteiger partial charge is 0.340 e. The molecule has 1 heterocycles. The number of phenols is 1. The van der Waals surface area contributed by atoms with E-state index >= 15 is 0 Å². The summed E-state index contributed by atoms with van der Waals surface area (Å²) in [6.45, 7) is 2.41. The zero-order valence-corrected chi connectivity index (χ0v) is 17.1. The topological polar surface area (TPSA) is 91.0 Å². The van der Waals surface area contributed by atoms with E-state index in [1.165, 1.54) is 6.07 Å². The molecule has 1 aliphatic heterocycles. The molecule has 0 saturated carbocycles. The standard InChI is InChI=1S/C25H23NO5/c1-2-29-25(28)23-22(20-13-10-18(27)14-21(20)31-24(23)26)17-8-11-19(12-9-17)30-15-16-6-4-3-5-7-16/h3-14,22,27H,2,15,26H2,1H3. The highest BCUT2D eigenvalue weighted by Gasteiger charge is 2.35. The highest BCUT2D eigenvalue weighted by Crippen LogP contribution is 2.44. The number of ether oxygens (including phenoxy) is 3. The van der Waals surface area contributed by atoms with Gasteiger partial charge in [0.2, 0.25) is 5.88 Å². The van der Waals surface area contributed by atoms with Crippen LogP contribution in [-0.2, 0) is 16.1 Å². The Morgan fingerprint density at radius 2 is 1.81 bits per heavy atom. The predicted molar refractivity (Wildman–Crippen MR) is 116 cm³/mol. The van der Waals surface area contributed by atoms with Crippen LogP contribution < -0.4 is 15.2 Å². The van der Waals surface area contributed by atoms with Crippen molar-refractivity contribution in [2.75, 3.05) is 6.61 Å². The summed E-state index contributed by atoms with van der Waals surface area (Å²) in [6.07, 6.45) is 0. The van der Waals surface area contributed by atoms with Gasteiger partial charge in [0.05, 0.1) is 12.5 Å². The Bertz CT molecular complexity index is 1110. The number of hydrogen-bond acceptors (Lipinski definition) is 6. The van der Waals surface area contributed by atoms with Crippen LogP contribution in [0.2, 0.25) is 0 Å². The molecular formula is C25H23NO5. The fraction of sp³-hybridized carbons (Fsp3) is 0.160. The number of esters is 1. The van der Waals surface area contributed by atoms with Crippen molar-refractivity contribution in [3.63, 3.8) is 0 Å². The molecule has 0 amide bonds. The Labute approximate surface area is 180 Å². The maximum absolute atomic E-state index is 12.7. The van der Waals surface area contributed by atoms with Crippen LogP contribution in [0, 0.1) is 0 Å². The normalized spacial score (nSPS) is 15.1. The highest BCUT2D eigenvalue weighted by atomic mass is 16.5. The summed E-state index contributed by atoms with van der Waals surface area (Å²) < 4.78 is 16.7. The van der Waals surface area contributed by atoms with E-state index in [0.29, 0.717) is 23.7 Å². The largest absolute Gasteiger partial charge is 0.508 e. The van der Waals surface area contributed by atoms with Gasteiger partial charge in [0.15, 0.2) is 0 Å². The van der Waals surface area contributed by atoms with Crippen LogP contribution in [-0.4, -0.2) is 17.7 Å². The summed E-state index contributed by atoms with van der Waals surface area (Å²) >= 11 is 0. The van der Waals surface area contributed by atoms with Crippen LogP contribution in [0.4, 0.5) is 0 Å². The van der Waals surface area contributed by atoms with Gasteiger partial charge in [-0.05, 0) is 36.2 Å².